The molecule has 0 saturated heterocycles. The second kappa shape index (κ2) is 8.46. The SMILES string of the molecule is C=C/C=C(\C(=C)Cl)c1oc(-c2cc(NC(C)=O)ncc2C)nc1C(=O)OC. The van der Waals surface area contributed by atoms with E-state index in [-0.39, 0.29) is 28.3 Å². The van der Waals surface area contributed by atoms with Crippen molar-refractivity contribution in [2.24, 2.45) is 0 Å². The van der Waals surface area contributed by atoms with Crippen LogP contribution >= 0.6 is 11.6 Å². The summed E-state index contributed by atoms with van der Waals surface area (Å²) < 4.78 is 10.6. The second-order valence-electron chi connectivity index (χ2n) is 5.47. The third-order valence-corrected chi connectivity index (χ3v) is 3.67. The monoisotopic (exact) mass is 387 g/mol. The van der Waals surface area contributed by atoms with Gasteiger partial charge < -0.3 is 14.5 Å². The summed E-state index contributed by atoms with van der Waals surface area (Å²) in [7, 11) is 1.24. The molecular formula is C19H18ClN3O4. The predicted molar refractivity (Wildman–Crippen MR) is 103 cm³/mol. The van der Waals surface area contributed by atoms with Crippen molar-refractivity contribution < 1.29 is 18.7 Å². The normalized spacial score (nSPS) is 11.0. The maximum atomic E-state index is 12.2. The number of nitrogens with zero attached hydrogens (tertiary/aromatic N) is 2. The predicted octanol–water partition coefficient (Wildman–Crippen LogP) is 4.11. The summed E-state index contributed by atoms with van der Waals surface area (Å²) in [6.07, 6.45) is 4.59. The molecule has 1 N–H and O–H groups in total. The van der Waals surface area contributed by atoms with Gasteiger partial charge in [-0.25, -0.2) is 14.8 Å². The fraction of sp³-hybridized carbons (Fsp3) is 0.158. The van der Waals surface area contributed by atoms with Gasteiger partial charge in [0.25, 0.3) is 0 Å². The molecule has 0 atom stereocenters. The van der Waals surface area contributed by atoms with Gasteiger partial charge in [0.05, 0.1) is 7.11 Å². The number of carbonyl (C=O) groups excluding carboxylic acids is 2. The molecule has 0 spiro atoms. The summed E-state index contributed by atoms with van der Waals surface area (Å²) in [5.74, 6) is -0.387. The van der Waals surface area contributed by atoms with E-state index in [4.69, 9.17) is 20.8 Å². The van der Waals surface area contributed by atoms with Crippen molar-refractivity contribution in [1.29, 1.82) is 0 Å². The lowest BCUT2D eigenvalue weighted by Crippen LogP contribution is -2.07. The third kappa shape index (κ3) is 4.51. The molecule has 140 valence electrons. The molecule has 0 fully saturated rings. The number of aromatic nitrogens is 2. The Kier molecular flexibility index (Phi) is 6.31. The Balaban J connectivity index is 2.68. The van der Waals surface area contributed by atoms with Crippen LogP contribution in [0.15, 0.2) is 47.0 Å². The minimum atomic E-state index is -0.693. The number of amides is 1. The zero-order valence-electron chi connectivity index (χ0n) is 15.1. The van der Waals surface area contributed by atoms with Crippen LogP contribution < -0.4 is 5.32 Å². The lowest BCUT2D eigenvalue weighted by molar-refractivity contribution is -0.114. The van der Waals surface area contributed by atoms with Gasteiger partial charge in [-0.2, -0.15) is 0 Å². The molecule has 0 aliphatic rings. The van der Waals surface area contributed by atoms with Crippen LogP contribution in [0.25, 0.3) is 17.0 Å². The van der Waals surface area contributed by atoms with E-state index in [1.54, 1.807) is 25.3 Å². The average Bonchev–Trinajstić information content (AvgIpc) is 3.04. The highest BCUT2D eigenvalue weighted by atomic mass is 35.5. The first-order valence-electron chi connectivity index (χ1n) is 7.80. The molecular weight excluding hydrogens is 370 g/mol. The lowest BCUT2D eigenvalue weighted by Gasteiger charge is -2.05. The van der Waals surface area contributed by atoms with Crippen LogP contribution in [-0.2, 0) is 9.53 Å². The number of carbonyl (C=O) groups is 2. The number of esters is 1. The van der Waals surface area contributed by atoms with Crippen molar-refractivity contribution in [3.63, 3.8) is 0 Å². The number of aryl methyl sites for hydroxylation is 1. The highest BCUT2D eigenvalue weighted by Crippen LogP contribution is 2.33. The minimum Gasteiger partial charge on any atom is -0.464 e. The maximum absolute atomic E-state index is 12.2. The summed E-state index contributed by atoms with van der Waals surface area (Å²) in [6.45, 7) is 10.5. The topological polar surface area (TPSA) is 94.3 Å². The Morgan fingerprint density at radius 3 is 2.67 bits per heavy atom. The van der Waals surface area contributed by atoms with Gasteiger partial charge >= 0.3 is 5.97 Å². The second-order valence-corrected chi connectivity index (χ2v) is 5.93. The van der Waals surface area contributed by atoms with Crippen molar-refractivity contribution in [3.05, 3.63) is 59.6 Å². The van der Waals surface area contributed by atoms with Crippen molar-refractivity contribution in [2.75, 3.05) is 12.4 Å². The van der Waals surface area contributed by atoms with Gasteiger partial charge in [-0.3, -0.25) is 4.79 Å². The standard InChI is InChI=1S/C19H18ClN3O4/c1-6-7-13(11(3)20)17-16(19(25)26-5)23-18(27-17)14-8-15(22-12(4)24)21-9-10(14)2/h6-9H,1,3H2,2,4-5H3,(H,21,22,24)/b13-7+. The summed E-state index contributed by atoms with van der Waals surface area (Å²) in [6, 6.07) is 1.60. The highest BCUT2D eigenvalue weighted by Gasteiger charge is 2.26. The van der Waals surface area contributed by atoms with Crippen LogP contribution in [0.5, 0.6) is 0 Å². The molecule has 0 unspecified atom stereocenters. The Bertz CT molecular complexity index is 960. The van der Waals surface area contributed by atoms with Crippen molar-refractivity contribution in [2.45, 2.75) is 13.8 Å². The molecule has 2 aromatic heterocycles. The van der Waals surface area contributed by atoms with E-state index in [1.165, 1.54) is 20.1 Å². The number of hydrogen-bond donors (Lipinski definition) is 1. The lowest BCUT2D eigenvalue weighted by atomic mass is 10.1. The van der Waals surface area contributed by atoms with Gasteiger partial charge in [-0.15, -0.1) is 0 Å². The molecule has 0 aromatic carbocycles. The molecule has 1 amide bonds. The number of halogens is 1. The molecule has 8 heteroatoms. The first-order valence-corrected chi connectivity index (χ1v) is 8.17. The largest absolute Gasteiger partial charge is 0.464 e. The molecule has 2 rings (SSSR count). The Morgan fingerprint density at radius 1 is 1.41 bits per heavy atom. The van der Waals surface area contributed by atoms with Gasteiger partial charge in [0.1, 0.15) is 5.82 Å². The van der Waals surface area contributed by atoms with Gasteiger partial charge in [0, 0.05) is 29.3 Å². The van der Waals surface area contributed by atoms with E-state index in [1.807, 2.05) is 0 Å². The number of methoxy groups -OCH3 is 1. The number of nitrogens with one attached hydrogen (secondary N) is 1. The molecule has 2 aromatic rings. The number of hydrogen-bond acceptors (Lipinski definition) is 6. The molecule has 0 radical (unpaired) electrons. The fourth-order valence-corrected chi connectivity index (χ4v) is 2.41. The summed E-state index contributed by atoms with van der Waals surface area (Å²) in [4.78, 5) is 31.8. The number of pyridine rings is 1. The van der Waals surface area contributed by atoms with E-state index in [0.717, 1.165) is 5.56 Å². The quantitative estimate of drug-likeness (QED) is 0.592. The van der Waals surface area contributed by atoms with Crippen LogP contribution in [0.4, 0.5) is 5.82 Å². The van der Waals surface area contributed by atoms with Gasteiger partial charge in [0.15, 0.2) is 11.5 Å². The third-order valence-electron chi connectivity index (χ3n) is 3.46. The molecule has 2 heterocycles. The first kappa shape index (κ1) is 20.1. The highest BCUT2D eigenvalue weighted by molar-refractivity contribution is 6.36. The smallest absolute Gasteiger partial charge is 0.360 e. The van der Waals surface area contributed by atoms with Crippen LogP contribution in [-0.4, -0.2) is 29.0 Å². The number of oxazole rings is 1. The van der Waals surface area contributed by atoms with Crippen LogP contribution in [0.1, 0.15) is 28.7 Å². The zero-order valence-corrected chi connectivity index (χ0v) is 15.9. The van der Waals surface area contributed by atoms with Crippen molar-refractivity contribution >= 4 is 34.9 Å². The number of ether oxygens (including phenoxy) is 1. The Morgan fingerprint density at radius 2 is 2.11 bits per heavy atom. The summed E-state index contributed by atoms with van der Waals surface area (Å²) >= 11 is 6.04. The van der Waals surface area contributed by atoms with Crippen molar-refractivity contribution in [3.8, 4) is 11.5 Å². The molecule has 27 heavy (non-hydrogen) atoms. The van der Waals surface area contributed by atoms with Gasteiger partial charge in [-0.05, 0) is 18.6 Å². The molecule has 0 aliphatic heterocycles. The Labute approximate surface area is 161 Å². The molecule has 7 nitrogen and oxygen atoms in total. The molecule has 0 aliphatic carbocycles. The molecule has 0 saturated carbocycles. The van der Waals surface area contributed by atoms with Gasteiger partial charge in [-0.1, -0.05) is 36.9 Å². The summed E-state index contributed by atoms with van der Waals surface area (Å²) in [5.41, 5.74) is 1.56. The van der Waals surface area contributed by atoms with E-state index < -0.39 is 5.97 Å². The maximum Gasteiger partial charge on any atom is 0.360 e. The number of rotatable bonds is 6. The zero-order chi connectivity index (χ0) is 20.1. The molecule has 0 bridgehead atoms. The van der Waals surface area contributed by atoms with E-state index in [0.29, 0.717) is 17.0 Å². The first-order chi connectivity index (χ1) is 12.8. The van der Waals surface area contributed by atoms with Crippen LogP contribution in [0.2, 0.25) is 0 Å². The van der Waals surface area contributed by atoms with E-state index >= 15 is 0 Å². The van der Waals surface area contributed by atoms with Crippen LogP contribution in [0.3, 0.4) is 0 Å². The van der Waals surface area contributed by atoms with E-state index in [9.17, 15) is 9.59 Å². The average molecular weight is 388 g/mol. The minimum absolute atomic E-state index is 0.0558. The van der Waals surface area contributed by atoms with Crippen LogP contribution in [0, 0.1) is 6.92 Å². The van der Waals surface area contributed by atoms with Crippen molar-refractivity contribution in [1.82, 2.24) is 9.97 Å². The number of anilines is 1. The Hall–Kier alpha value is -3.19. The number of allylic oxidation sites excluding steroid dienone is 4. The summed E-state index contributed by atoms with van der Waals surface area (Å²) in [5, 5.41) is 2.73. The van der Waals surface area contributed by atoms with E-state index in [2.05, 4.69) is 28.4 Å². The van der Waals surface area contributed by atoms with Gasteiger partial charge in [0.2, 0.25) is 11.8 Å². The fourth-order valence-electron chi connectivity index (χ4n) is 2.26.